The quantitative estimate of drug-likeness (QED) is 0.867. The molecule has 1 fully saturated rings. The van der Waals surface area contributed by atoms with E-state index >= 15 is 0 Å². The Morgan fingerprint density at radius 2 is 2.06 bits per heavy atom. The van der Waals surface area contributed by atoms with Crippen molar-refractivity contribution in [3.8, 4) is 0 Å². The van der Waals surface area contributed by atoms with Gasteiger partial charge in [-0.25, -0.2) is 4.98 Å². The maximum Gasteiger partial charge on any atom is 0.306 e. The lowest BCUT2D eigenvalue weighted by molar-refractivity contribution is -0.142. The molecule has 5 heteroatoms. The molecule has 0 amide bonds. The van der Waals surface area contributed by atoms with Crippen LogP contribution in [0, 0.1) is 12.8 Å². The van der Waals surface area contributed by atoms with Crippen molar-refractivity contribution >= 4 is 17.6 Å². The monoisotopic (exact) mass is 243 g/mol. The number of aromatic nitrogens is 1. The van der Waals surface area contributed by atoms with Gasteiger partial charge in [0.2, 0.25) is 5.22 Å². The van der Waals surface area contributed by atoms with Gasteiger partial charge >= 0.3 is 5.97 Å². The van der Waals surface area contributed by atoms with E-state index in [4.69, 9.17) is 21.1 Å². The fraction of sp³-hybridized carbons (Fsp3) is 0.636. The van der Waals surface area contributed by atoms with Gasteiger partial charge < -0.3 is 9.52 Å². The number of carbonyl (C=O) groups is 1. The first kappa shape index (κ1) is 11.5. The Labute approximate surface area is 98.6 Å². The second kappa shape index (κ2) is 4.45. The summed E-state index contributed by atoms with van der Waals surface area (Å²) in [5, 5.41) is 9.23. The molecule has 0 saturated heterocycles. The summed E-state index contributed by atoms with van der Waals surface area (Å²) in [6.07, 6.45) is 3.01. The van der Waals surface area contributed by atoms with E-state index in [1.807, 2.05) is 0 Å². The van der Waals surface area contributed by atoms with Gasteiger partial charge in [0.15, 0.2) is 5.89 Å². The third-order valence-corrected chi connectivity index (χ3v) is 3.53. The topological polar surface area (TPSA) is 63.3 Å². The molecule has 1 heterocycles. The standard InChI is InChI=1S/C11H14ClNO3/c1-6-9(12)16-10(13-6)7-2-4-8(5-3-7)11(14)15/h7-8H,2-5H2,1H3,(H,14,15)/t7-,8-. The highest BCUT2D eigenvalue weighted by Gasteiger charge is 2.29. The second-order valence-electron chi connectivity index (χ2n) is 4.30. The van der Waals surface area contributed by atoms with E-state index in [2.05, 4.69) is 4.98 Å². The molecule has 1 aromatic rings. The molecule has 1 aliphatic rings. The van der Waals surface area contributed by atoms with Crippen molar-refractivity contribution in [2.45, 2.75) is 38.5 Å². The largest absolute Gasteiger partial charge is 0.481 e. The lowest BCUT2D eigenvalue weighted by atomic mass is 9.82. The number of rotatable bonds is 2. The number of hydrogen-bond donors (Lipinski definition) is 1. The van der Waals surface area contributed by atoms with E-state index in [1.165, 1.54) is 0 Å². The molecular weight excluding hydrogens is 230 g/mol. The van der Waals surface area contributed by atoms with E-state index in [1.54, 1.807) is 6.92 Å². The van der Waals surface area contributed by atoms with Crippen molar-refractivity contribution in [1.82, 2.24) is 4.98 Å². The summed E-state index contributed by atoms with van der Waals surface area (Å²) in [6, 6.07) is 0. The van der Waals surface area contributed by atoms with Crippen molar-refractivity contribution in [3.05, 3.63) is 16.8 Å². The van der Waals surface area contributed by atoms with E-state index in [-0.39, 0.29) is 11.8 Å². The summed E-state index contributed by atoms with van der Waals surface area (Å²) >= 11 is 5.80. The first-order valence-electron chi connectivity index (χ1n) is 5.43. The molecule has 4 nitrogen and oxygen atoms in total. The molecule has 0 bridgehead atoms. The molecule has 0 aliphatic heterocycles. The van der Waals surface area contributed by atoms with E-state index < -0.39 is 5.97 Å². The Morgan fingerprint density at radius 1 is 1.44 bits per heavy atom. The maximum absolute atomic E-state index is 10.8. The van der Waals surface area contributed by atoms with E-state index in [9.17, 15) is 4.79 Å². The molecule has 0 radical (unpaired) electrons. The summed E-state index contributed by atoms with van der Waals surface area (Å²) in [7, 11) is 0. The van der Waals surface area contributed by atoms with Gasteiger partial charge in [0, 0.05) is 5.92 Å². The van der Waals surface area contributed by atoms with Crippen LogP contribution in [0.15, 0.2) is 4.42 Å². The molecular formula is C11H14ClNO3. The minimum absolute atomic E-state index is 0.206. The molecule has 0 aromatic carbocycles. The van der Waals surface area contributed by atoms with Crippen LogP contribution >= 0.6 is 11.6 Å². The van der Waals surface area contributed by atoms with Gasteiger partial charge in [-0.05, 0) is 44.2 Å². The SMILES string of the molecule is Cc1nc([C@H]2CC[C@H](C(=O)O)CC2)oc1Cl. The molecule has 0 spiro atoms. The molecule has 1 N–H and O–H groups in total. The first-order chi connectivity index (χ1) is 7.58. The van der Waals surface area contributed by atoms with Crippen molar-refractivity contribution in [2.24, 2.45) is 5.92 Å². The van der Waals surface area contributed by atoms with Crippen LogP contribution in [-0.4, -0.2) is 16.1 Å². The van der Waals surface area contributed by atoms with Crippen LogP contribution in [0.3, 0.4) is 0 Å². The first-order valence-corrected chi connectivity index (χ1v) is 5.81. The third kappa shape index (κ3) is 2.21. The Bertz CT molecular complexity index is 374. The normalized spacial score (nSPS) is 25.6. The molecule has 0 atom stereocenters. The number of carboxylic acid groups (broad SMARTS) is 1. The van der Waals surface area contributed by atoms with Crippen molar-refractivity contribution in [3.63, 3.8) is 0 Å². The zero-order valence-electron chi connectivity index (χ0n) is 9.07. The van der Waals surface area contributed by atoms with E-state index in [0.717, 1.165) is 12.8 Å². The average Bonchev–Trinajstić information content (AvgIpc) is 2.59. The zero-order valence-corrected chi connectivity index (χ0v) is 9.83. The predicted molar refractivity (Wildman–Crippen MR) is 58.6 cm³/mol. The van der Waals surface area contributed by atoms with Gasteiger partial charge in [0.05, 0.1) is 11.6 Å². The van der Waals surface area contributed by atoms with Crippen LogP contribution in [0.1, 0.15) is 43.2 Å². The minimum atomic E-state index is -0.694. The molecule has 1 aromatic heterocycles. The summed E-state index contributed by atoms with van der Waals surface area (Å²) < 4.78 is 5.36. The minimum Gasteiger partial charge on any atom is -0.481 e. The number of carboxylic acids is 1. The average molecular weight is 244 g/mol. The Kier molecular flexibility index (Phi) is 3.19. The van der Waals surface area contributed by atoms with Gasteiger partial charge in [-0.2, -0.15) is 0 Å². The number of nitrogens with zero attached hydrogens (tertiary/aromatic N) is 1. The summed E-state index contributed by atoms with van der Waals surface area (Å²) in [5.41, 5.74) is 0.706. The highest BCUT2D eigenvalue weighted by Crippen LogP contribution is 2.36. The zero-order chi connectivity index (χ0) is 11.7. The van der Waals surface area contributed by atoms with Crippen molar-refractivity contribution in [1.29, 1.82) is 0 Å². The van der Waals surface area contributed by atoms with Crippen LogP contribution in [0.4, 0.5) is 0 Å². The Hall–Kier alpha value is -1.03. The highest BCUT2D eigenvalue weighted by molar-refractivity contribution is 6.29. The number of aryl methyl sites for hydroxylation is 1. The van der Waals surface area contributed by atoms with Crippen LogP contribution in [0.5, 0.6) is 0 Å². The van der Waals surface area contributed by atoms with Crippen molar-refractivity contribution < 1.29 is 14.3 Å². The molecule has 0 unspecified atom stereocenters. The van der Waals surface area contributed by atoms with Crippen LogP contribution in [0.2, 0.25) is 5.22 Å². The summed E-state index contributed by atoms with van der Waals surface area (Å²) in [5.74, 6) is -0.0176. The van der Waals surface area contributed by atoms with Gasteiger partial charge in [-0.15, -0.1) is 0 Å². The van der Waals surface area contributed by atoms with Crippen LogP contribution < -0.4 is 0 Å². The van der Waals surface area contributed by atoms with Gasteiger partial charge in [0.25, 0.3) is 0 Å². The van der Waals surface area contributed by atoms with Gasteiger partial charge in [0.1, 0.15) is 0 Å². The molecule has 2 rings (SSSR count). The van der Waals surface area contributed by atoms with Gasteiger partial charge in [-0.1, -0.05) is 0 Å². The lowest BCUT2D eigenvalue weighted by Gasteiger charge is -2.23. The number of aliphatic carboxylic acids is 1. The number of halogens is 1. The second-order valence-corrected chi connectivity index (χ2v) is 4.64. The Morgan fingerprint density at radius 3 is 2.50 bits per heavy atom. The predicted octanol–water partition coefficient (Wildman–Crippen LogP) is 2.99. The molecule has 1 saturated carbocycles. The van der Waals surface area contributed by atoms with Gasteiger partial charge in [-0.3, -0.25) is 4.79 Å². The number of oxazole rings is 1. The molecule has 88 valence electrons. The molecule has 16 heavy (non-hydrogen) atoms. The van der Waals surface area contributed by atoms with Crippen LogP contribution in [-0.2, 0) is 4.79 Å². The molecule has 1 aliphatic carbocycles. The third-order valence-electron chi connectivity index (χ3n) is 3.18. The smallest absolute Gasteiger partial charge is 0.306 e. The van der Waals surface area contributed by atoms with E-state index in [0.29, 0.717) is 29.6 Å². The lowest BCUT2D eigenvalue weighted by Crippen LogP contribution is -2.20. The summed E-state index contributed by atoms with van der Waals surface area (Å²) in [4.78, 5) is 15.1. The van der Waals surface area contributed by atoms with Crippen molar-refractivity contribution in [2.75, 3.05) is 0 Å². The summed E-state index contributed by atoms with van der Waals surface area (Å²) in [6.45, 7) is 1.80. The fourth-order valence-corrected chi connectivity index (χ4v) is 2.28. The number of hydrogen-bond acceptors (Lipinski definition) is 3. The fourth-order valence-electron chi connectivity index (χ4n) is 2.16. The maximum atomic E-state index is 10.8. The van der Waals surface area contributed by atoms with Crippen LogP contribution in [0.25, 0.3) is 0 Å². The Balaban J connectivity index is 2.01. The highest BCUT2D eigenvalue weighted by atomic mass is 35.5.